The third kappa shape index (κ3) is 2.51. The van der Waals surface area contributed by atoms with Gasteiger partial charge in [-0.15, -0.1) is 0 Å². The number of fused-ring (bicyclic) bond motifs is 1. The van der Waals surface area contributed by atoms with Crippen molar-refractivity contribution < 1.29 is 4.74 Å². The van der Waals surface area contributed by atoms with Crippen LogP contribution in [0.3, 0.4) is 0 Å². The first-order valence-corrected chi connectivity index (χ1v) is 6.82. The van der Waals surface area contributed by atoms with E-state index in [0.717, 1.165) is 11.3 Å². The minimum absolute atomic E-state index is 0.130. The Labute approximate surface area is 127 Å². The third-order valence-electron chi connectivity index (χ3n) is 3.49. The molecule has 0 aliphatic carbocycles. The maximum absolute atomic E-state index is 12.6. The Balaban J connectivity index is 2.08. The van der Waals surface area contributed by atoms with E-state index in [4.69, 9.17) is 10.6 Å². The second-order valence-electron chi connectivity index (χ2n) is 4.84. The van der Waals surface area contributed by atoms with Crippen molar-refractivity contribution in [2.45, 2.75) is 6.54 Å². The number of hydrogen-bond donors (Lipinski definition) is 2. The zero-order chi connectivity index (χ0) is 15.5. The Morgan fingerprint density at radius 3 is 2.59 bits per heavy atom. The number of hydrazine groups is 1. The quantitative estimate of drug-likeness (QED) is 0.566. The first-order chi connectivity index (χ1) is 10.7. The summed E-state index contributed by atoms with van der Waals surface area (Å²) < 4.78 is 6.65. The average Bonchev–Trinajstić information content (AvgIpc) is 2.58. The van der Waals surface area contributed by atoms with Crippen molar-refractivity contribution in [3.05, 3.63) is 64.4 Å². The molecule has 0 saturated carbocycles. The molecule has 3 N–H and O–H groups in total. The second kappa shape index (κ2) is 5.87. The molecule has 0 spiro atoms. The van der Waals surface area contributed by atoms with Gasteiger partial charge in [0.1, 0.15) is 5.75 Å². The monoisotopic (exact) mass is 296 g/mol. The molecular weight excluding hydrogens is 280 g/mol. The van der Waals surface area contributed by atoms with Crippen LogP contribution in [-0.2, 0) is 6.54 Å². The fourth-order valence-electron chi connectivity index (χ4n) is 2.34. The van der Waals surface area contributed by atoms with Crippen LogP contribution in [0.15, 0.2) is 53.3 Å². The molecule has 1 heterocycles. The fourth-order valence-corrected chi connectivity index (χ4v) is 2.34. The lowest BCUT2D eigenvalue weighted by Crippen LogP contribution is -2.27. The van der Waals surface area contributed by atoms with Crippen molar-refractivity contribution in [2.24, 2.45) is 5.84 Å². The lowest BCUT2D eigenvalue weighted by molar-refractivity contribution is 0.414. The fraction of sp³-hybridized carbons (Fsp3) is 0.125. The molecule has 6 heteroatoms. The Hall–Kier alpha value is -2.86. The van der Waals surface area contributed by atoms with Gasteiger partial charge >= 0.3 is 0 Å². The van der Waals surface area contributed by atoms with Crippen LogP contribution in [-0.4, -0.2) is 16.7 Å². The van der Waals surface area contributed by atoms with Gasteiger partial charge in [-0.2, -0.15) is 0 Å². The molecule has 6 nitrogen and oxygen atoms in total. The van der Waals surface area contributed by atoms with E-state index in [1.807, 2.05) is 36.4 Å². The summed E-state index contributed by atoms with van der Waals surface area (Å²) >= 11 is 0. The summed E-state index contributed by atoms with van der Waals surface area (Å²) in [6, 6.07) is 14.7. The molecule has 112 valence electrons. The topological polar surface area (TPSA) is 82.2 Å². The highest BCUT2D eigenvalue weighted by Gasteiger charge is 2.10. The lowest BCUT2D eigenvalue weighted by Gasteiger charge is -2.13. The van der Waals surface area contributed by atoms with Crippen LogP contribution in [0, 0.1) is 0 Å². The molecule has 0 radical (unpaired) electrons. The van der Waals surface area contributed by atoms with Crippen molar-refractivity contribution in [3.8, 4) is 5.75 Å². The number of nitrogens with zero attached hydrogens (tertiary/aromatic N) is 2. The molecule has 22 heavy (non-hydrogen) atoms. The SMILES string of the molecule is COc1ccc(Cn2c(NN)nc3ccccc3c2=O)cc1. The van der Waals surface area contributed by atoms with Gasteiger partial charge in [-0.05, 0) is 29.8 Å². The van der Waals surface area contributed by atoms with Crippen molar-refractivity contribution in [2.75, 3.05) is 12.5 Å². The average molecular weight is 296 g/mol. The second-order valence-corrected chi connectivity index (χ2v) is 4.84. The zero-order valence-corrected chi connectivity index (χ0v) is 12.1. The number of nitrogen functional groups attached to an aromatic ring is 1. The largest absolute Gasteiger partial charge is 0.497 e. The molecule has 0 unspecified atom stereocenters. The minimum atomic E-state index is -0.130. The van der Waals surface area contributed by atoms with Crippen LogP contribution in [0.5, 0.6) is 5.75 Å². The van der Waals surface area contributed by atoms with Gasteiger partial charge < -0.3 is 4.74 Å². The summed E-state index contributed by atoms with van der Waals surface area (Å²) in [4.78, 5) is 17.0. The number of hydrogen-bond acceptors (Lipinski definition) is 5. The summed E-state index contributed by atoms with van der Waals surface area (Å²) in [6.07, 6.45) is 0. The Kier molecular flexibility index (Phi) is 3.76. The lowest BCUT2D eigenvalue weighted by atomic mass is 10.2. The zero-order valence-electron chi connectivity index (χ0n) is 12.1. The van der Waals surface area contributed by atoms with Crippen LogP contribution in [0.25, 0.3) is 10.9 Å². The molecule has 1 aromatic heterocycles. The van der Waals surface area contributed by atoms with Crippen LogP contribution < -0.4 is 21.6 Å². The molecule has 0 atom stereocenters. The number of methoxy groups -OCH3 is 1. The van der Waals surface area contributed by atoms with Gasteiger partial charge in [0.15, 0.2) is 0 Å². The van der Waals surface area contributed by atoms with Crippen molar-refractivity contribution >= 4 is 16.9 Å². The van der Waals surface area contributed by atoms with Crippen molar-refractivity contribution in [1.82, 2.24) is 9.55 Å². The molecule has 3 rings (SSSR count). The van der Waals surface area contributed by atoms with Gasteiger partial charge in [0.25, 0.3) is 5.56 Å². The highest BCUT2D eigenvalue weighted by Crippen LogP contribution is 2.15. The van der Waals surface area contributed by atoms with Gasteiger partial charge in [-0.1, -0.05) is 24.3 Å². The highest BCUT2D eigenvalue weighted by molar-refractivity contribution is 5.78. The van der Waals surface area contributed by atoms with Gasteiger partial charge in [0.2, 0.25) is 5.95 Å². The van der Waals surface area contributed by atoms with Gasteiger partial charge in [0.05, 0.1) is 24.6 Å². The minimum Gasteiger partial charge on any atom is -0.497 e. The van der Waals surface area contributed by atoms with E-state index in [1.165, 1.54) is 4.57 Å². The van der Waals surface area contributed by atoms with Gasteiger partial charge in [-0.25, -0.2) is 10.8 Å². The Morgan fingerprint density at radius 1 is 1.18 bits per heavy atom. The molecule has 0 aliphatic heterocycles. The number of nitrogens with two attached hydrogens (primary N) is 1. The van der Waals surface area contributed by atoms with E-state index in [1.54, 1.807) is 19.2 Å². The molecule has 0 bridgehead atoms. The molecule has 3 aromatic rings. The number of ether oxygens (including phenoxy) is 1. The predicted molar refractivity (Wildman–Crippen MR) is 85.9 cm³/mol. The van der Waals surface area contributed by atoms with Gasteiger partial charge in [-0.3, -0.25) is 14.8 Å². The summed E-state index contributed by atoms with van der Waals surface area (Å²) in [5.74, 6) is 6.62. The van der Waals surface area contributed by atoms with E-state index < -0.39 is 0 Å². The summed E-state index contributed by atoms with van der Waals surface area (Å²) in [7, 11) is 1.61. The predicted octanol–water partition coefficient (Wildman–Crippen LogP) is 1.74. The van der Waals surface area contributed by atoms with Crippen molar-refractivity contribution in [3.63, 3.8) is 0 Å². The number of nitrogens with one attached hydrogen (secondary N) is 1. The number of rotatable bonds is 4. The Morgan fingerprint density at radius 2 is 1.91 bits per heavy atom. The normalized spacial score (nSPS) is 10.6. The number of para-hydroxylation sites is 1. The van der Waals surface area contributed by atoms with E-state index in [2.05, 4.69) is 10.4 Å². The van der Waals surface area contributed by atoms with Crippen LogP contribution >= 0.6 is 0 Å². The van der Waals surface area contributed by atoms with Gasteiger partial charge in [0, 0.05) is 0 Å². The van der Waals surface area contributed by atoms with E-state index in [-0.39, 0.29) is 5.56 Å². The molecule has 0 aliphatic rings. The smallest absolute Gasteiger partial charge is 0.263 e. The molecule has 0 fully saturated rings. The van der Waals surface area contributed by atoms with Crippen molar-refractivity contribution in [1.29, 1.82) is 0 Å². The first kappa shape index (κ1) is 14.1. The molecule has 0 amide bonds. The summed E-state index contributed by atoms with van der Waals surface area (Å²) in [6.45, 7) is 0.375. The summed E-state index contributed by atoms with van der Waals surface area (Å²) in [5, 5.41) is 0.565. The first-order valence-electron chi connectivity index (χ1n) is 6.82. The standard InChI is InChI=1S/C16H16N4O2/c1-22-12-8-6-11(7-9-12)10-20-15(21)13-4-2-3-5-14(13)18-16(20)19-17/h2-9H,10,17H2,1H3,(H,18,19). The highest BCUT2D eigenvalue weighted by atomic mass is 16.5. The molecule has 0 saturated heterocycles. The molecule has 2 aromatic carbocycles. The maximum atomic E-state index is 12.6. The Bertz CT molecular complexity index is 856. The maximum Gasteiger partial charge on any atom is 0.263 e. The van der Waals surface area contributed by atoms with Crippen LogP contribution in [0.4, 0.5) is 5.95 Å². The van der Waals surface area contributed by atoms with E-state index in [0.29, 0.717) is 23.4 Å². The summed E-state index contributed by atoms with van der Waals surface area (Å²) in [5.41, 5.74) is 3.94. The third-order valence-corrected chi connectivity index (χ3v) is 3.49. The van der Waals surface area contributed by atoms with E-state index in [9.17, 15) is 4.79 Å². The number of anilines is 1. The van der Waals surface area contributed by atoms with Crippen LogP contribution in [0.1, 0.15) is 5.56 Å². The van der Waals surface area contributed by atoms with E-state index >= 15 is 0 Å². The van der Waals surface area contributed by atoms with Crippen LogP contribution in [0.2, 0.25) is 0 Å². The number of benzene rings is 2. The number of aromatic nitrogens is 2. The molecular formula is C16H16N4O2.